The molecule has 1 saturated carbocycles. The van der Waals surface area contributed by atoms with Gasteiger partial charge in [0.05, 0.1) is 27.5 Å². The fraction of sp³-hybridized carbons (Fsp3) is 0.286. The molecule has 0 atom stereocenters. The molecule has 2 fully saturated rings. The number of likely N-dealkylation sites (tertiary alicyclic amines) is 1. The molecule has 1 aliphatic carbocycles. The third kappa shape index (κ3) is 5.23. The van der Waals surface area contributed by atoms with Crippen LogP contribution >= 0.6 is 11.3 Å². The molecule has 0 amide bonds. The van der Waals surface area contributed by atoms with Gasteiger partial charge >= 0.3 is 0 Å². The van der Waals surface area contributed by atoms with Gasteiger partial charge < -0.3 is 4.90 Å². The number of rotatable bonds is 7. The molecule has 3 heterocycles. The molecule has 12 heteroatoms. The van der Waals surface area contributed by atoms with Crippen molar-refractivity contribution >= 4 is 27.0 Å². The first-order chi connectivity index (χ1) is 19.2. The van der Waals surface area contributed by atoms with Gasteiger partial charge in [0, 0.05) is 29.3 Å². The number of nitrogens with one attached hydrogen (secondary N) is 1. The molecule has 0 unspecified atom stereocenters. The number of benzene rings is 2. The topological polar surface area (TPSA) is 75.2 Å². The van der Waals surface area contributed by atoms with E-state index in [4.69, 9.17) is 4.98 Å². The van der Waals surface area contributed by atoms with Crippen molar-refractivity contribution in [2.24, 2.45) is 0 Å². The second kappa shape index (κ2) is 10.6. The van der Waals surface area contributed by atoms with Crippen LogP contribution in [0.15, 0.2) is 59.8 Å². The van der Waals surface area contributed by atoms with Crippen molar-refractivity contribution in [2.45, 2.75) is 42.5 Å². The number of aromatic nitrogens is 2. The molecule has 6 nitrogen and oxygen atoms in total. The van der Waals surface area contributed by atoms with E-state index in [-0.39, 0.29) is 22.7 Å². The van der Waals surface area contributed by atoms with Crippen molar-refractivity contribution in [1.82, 2.24) is 14.9 Å². The van der Waals surface area contributed by atoms with Crippen LogP contribution in [-0.2, 0) is 10.0 Å². The molecular formula is C28H24F4N4O2S2. The van der Waals surface area contributed by atoms with Crippen LogP contribution in [0.3, 0.4) is 0 Å². The van der Waals surface area contributed by atoms with Crippen molar-refractivity contribution in [3.8, 4) is 21.7 Å². The lowest BCUT2D eigenvalue weighted by molar-refractivity contribution is 0.203. The zero-order valence-electron chi connectivity index (χ0n) is 21.1. The molecule has 1 aliphatic heterocycles. The highest BCUT2D eigenvalue weighted by molar-refractivity contribution is 7.92. The Morgan fingerprint density at radius 3 is 2.42 bits per heavy atom. The smallest absolute Gasteiger partial charge is 0.265 e. The van der Waals surface area contributed by atoms with Crippen molar-refractivity contribution in [3.05, 3.63) is 83.1 Å². The Balaban J connectivity index is 1.39. The van der Waals surface area contributed by atoms with Crippen LogP contribution in [0, 0.1) is 23.3 Å². The number of hydrogen-bond donors (Lipinski definition) is 1. The predicted molar refractivity (Wildman–Crippen MR) is 144 cm³/mol. The first-order valence-electron chi connectivity index (χ1n) is 12.8. The number of sulfonamides is 1. The highest BCUT2D eigenvalue weighted by Crippen LogP contribution is 2.44. The Hall–Kier alpha value is -3.35. The van der Waals surface area contributed by atoms with Gasteiger partial charge in [-0.1, -0.05) is 6.07 Å². The number of nitrogens with zero attached hydrogens (tertiary/aromatic N) is 3. The largest absolute Gasteiger partial charge is 0.300 e. The SMILES string of the molecule is O=S(=O)(Nc1cccc(-c2nc(C3CCN(C4CC4)CC3)sc2-c2ccncc2F)c1F)c1cc(F)ccc1F. The van der Waals surface area contributed by atoms with Gasteiger partial charge in [-0.05, 0) is 75.2 Å². The van der Waals surface area contributed by atoms with E-state index in [2.05, 4.69) is 9.88 Å². The minimum atomic E-state index is -4.67. The molecule has 6 rings (SSSR count). The molecule has 1 N–H and O–H groups in total. The van der Waals surface area contributed by atoms with Crippen LogP contribution < -0.4 is 4.72 Å². The first-order valence-corrected chi connectivity index (χ1v) is 15.1. The highest BCUT2D eigenvalue weighted by atomic mass is 32.2. The van der Waals surface area contributed by atoms with Gasteiger partial charge in [0.15, 0.2) is 5.82 Å². The molecule has 0 bridgehead atoms. The lowest BCUT2D eigenvalue weighted by Crippen LogP contribution is -2.34. The molecule has 2 aromatic carbocycles. The summed E-state index contributed by atoms with van der Waals surface area (Å²) in [5.74, 6) is -3.59. The zero-order chi connectivity index (χ0) is 28.0. The lowest BCUT2D eigenvalue weighted by atomic mass is 9.97. The Morgan fingerprint density at radius 1 is 0.925 bits per heavy atom. The quantitative estimate of drug-likeness (QED) is 0.247. The Labute approximate surface area is 232 Å². The van der Waals surface area contributed by atoms with Gasteiger partial charge in [-0.15, -0.1) is 11.3 Å². The number of anilines is 1. The summed E-state index contributed by atoms with van der Waals surface area (Å²) in [6.45, 7) is 1.87. The van der Waals surface area contributed by atoms with Crippen LogP contribution in [0.1, 0.15) is 36.6 Å². The molecule has 4 aromatic rings. The number of pyridine rings is 1. The van der Waals surface area contributed by atoms with Gasteiger partial charge in [0.1, 0.15) is 22.3 Å². The number of halogens is 4. The summed E-state index contributed by atoms with van der Waals surface area (Å²) in [6.07, 6.45) is 6.71. The third-order valence-corrected chi connectivity index (χ3v) is 9.92. The Morgan fingerprint density at radius 2 is 1.70 bits per heavy atom. The van der Waals surface area contributed by atoms with E-state index in [0.717, 1.165) is 43.2 Å². The number of hydrogen-bond acceptors (Lipinski definition) is 6. The van der Waals surface area contributed by atoms with Crippen LogP contribution in [0.25, 0.3) is 21.7 Å². The average molecular weight is 589 g/mol. The third-order valence-electron chi connectivity index (χ3n) is 7.28. The summed E-state index contributed by atoms with van der Waals surface area (Å²) in [4.78, 5) is 10.5. The van der Waals surface area contributed by atoms with Crippen LogP contribution in [0.2, 0.25) is 0 Å². The van der Waals surface area contributed by atoms with Crippen molar-refractivity contribution in [1.29, 1.82) is 0 Å². The number of thiazole rings is 1. The van der Waals surface area contributed by atoms with Crippen LogP contribution in [0.4, 0.5) is 23.2 Å². The summed E-state index contributed by atoms with van der Waals surface area (Å²) in [7, 11) is -4.67. The van der Waals surface area contributed by atoms with Gasteiger partial charge in [-0.3, -0.25) is 9.71 Å². The normalized spacial score (nSPS) is 16.8. The summed E-state index contributed by atoms with van der Waals surface area (Å²) in [5, 5.41) is 0.754. The summed E-state index contributed by atoms with van der Waals surface area (Å²) < 4.78 is 86.4. The second-order valence-corrected chi connectivity index (χ2v) is 12.7. The molecule has 0 spiro atoms. The molecule has 1 saturated heterocycles. The maximum absolute atomic E-state index is 15.9. The van der Waals surface area contributed by atoms with Crippen molar-refractivity contribution in [2.75, 3.05) is 17.8 Å². The van der Waals surface area contributed by atoms with Crippen LogP contribution in [0.5, 0.6) is 0 Å². The van der Waals surface area contributed by atoms with E-state index in [0.29, 0.717) is 23.1 Å². The van der Waals surface area contributed by atoms with Crippen LogP contribution in [-0.4, -0.2) is 42.4 Å². The minimum Gasteiger partial charge on any atom is -0.300 e. The lowest BCUT2D eigenvalue weighted by Gasteiger charge is -2.30. The fourth-order valence-electron chi connectivity index (χ4n) is 5.06. The summed E-state index contributed by atoms with van der Waals surface area (Å²) >= 11 is 1.29. The van der Waals surface area contributed by atoms with E-state index in [1.807, 2.05) is 4.72 Å². The molecule has 2 aromatic heterocycles. The van der Waals surface area contributed by atoms with Gasteiger partial charge in [-0.2, -0.15) is 0 Å². The predicted octanol–water partition coefficient (Wildman–Crippen LogP) is 6.57. The molecule has 2 aliphatic rings. The molecule has 40 heavy (non-hydrogen) atoms. The van der Waals surface area contributed by atoms with E-state index < -0.39 is 43.9 Å². The van der Waals surface area contributed by atoms with Crippen molar-refractivity contribution in [3.63, 3.8) is 0 Å². The minimum absolute atomic E-state index is 0.0518. The molecular weight excluding hydrogens is 564 g/mol. The van der Waals surface area contributed by atoms with E-state index in [9.17, 15) is 21.6 Å². The Kier molecular flexibility index (Phi) is 7.09. The van der Waals surface area contributed by atoms with Gasteiger partial charge in [0.25, 0.3) is 10.0 Å². The molecule has 0 radical (unpaired) electrons. The Bertz CT molecular complexity index is 1680. The second-order valence-electron chi connectivity index (χ2n) is 9.97. The highest BCUT2D eigenvalue weighted by Gasteiger charge is 2.34. The number of piperidine rings is 1. The average Bonchev–Trinajstić information content (AvgIpc) is 3.70. The summed E-state index contributed by atoms with van der Waals surface area (Å²) in [5.41, 5.74) is -0.153. The molecule has 208 valence electrons. The standard InChI is InChI=1S/C28H24F4N4O2S2/c29-17-4-7-21(30)24(14-17)40(37,38)35-23-3-1-2-20(25(23)32)26-27(19-8-11-33-15-22(19)31)39-28(34-26)16-9-12-36(13-10-16)18-5-6-18/h1-4,7-8,11,14-16,18,35H,5-6,9-10,12-13H2. The van der Waals surface area contributed by atoms with E-state index >= 15 is 4.39 Å². The van der Waals surface area contributed by atoms with Crippen molar-refractivity contribution < 1.29 is 26.0 Å². The zero-order valence-corrected chi connectivity index (χ0v) is 22.7. The van der Waals surface area contributed by atoms with E-state index in [1.165, 1.54) is 54.6 Å². The fourth-order valence-corrected chi connectivity index (χ4v) is 7.49. The monoisotopic (exact) mass is 588 g/mol. The summed E-state index contributed by atoms with van der Waals surface area (Å²) in [6, 6.07) is 8.14. The van der Waals surface area contributed by atoms with Gasteiger partial charge in [-0.25, -0.2) is 31.0 Å². The maximum Gasteiger partial charge on any atom is 0.265 e. The van der Waals surface area contributed by atoms with E-state index in [1.54, 1.807) is 0 Å². The van der Waals surface area contributed by atoms with Gasteiger partial charge in [0.2, 0.25) is 0 Å². The first kappa shape index (κ1) is 26.9. The maximum atomic E-state index is 15.9.